The van der Waals surface area contributed by atoms with E-state index in [-0.39, 0.29) is 18.3 Å². The Balaban J connectivity index is 1.59. The molecule has 3 rings (SSSR count). The summed E-state index contributed by atoms with van der Waals surface area (Å²) in [6, 6.07) is 4.94. The number of ether oxygens (including phenoxy) is 2. The van der Waals surface area contributed by atoms with E-state index in [0.717, 1.165) is 42.3 Å². The molecule has 1 aromatic heterocycles. The molecule has 30 heavy (non-hydrogen) atoms. The Hall–Kier alpha value is -2.26. The van der Waals surface area contributed by atoms with Crippen LogP contribution >= 0.6 is 0 Å². The first-order valence-electron chi connectivity index (χ1n) is 10.2. The molecule has 0 saturated carbocycles. The van der Waals surface area contributed by atoms with Crippen molar-refractivity contribution in [3.63, 3.8) is 0 Å². The van der Waals surface area contributed by atoms with E-state index in [9.17, 15) is 13.2 Å². The highest BCUT2D eigenvalue weighted by atomic mass is 19.4. The number of hydrogen-bond acceptors (Lipinski definition) is 5. The Labute approximate surface area is 175 Å². The molecule has 0 spiro atoms. The smallest absolute Gasteiger partial charge is 0.416 e. The van der Waals surface area contributed by atoms with Gasteiger partial charge in [0.05, 0.1) is 24.5 Å². The Morgan fingerprint density at radius 3 is 2.63 bits per heavy atom. The van der Waals surface area contributed by atoms with Gasteiger partial charge in [-0.2, -0.15) is 18.3 Å². The van der Waals surface area contributed by atoms with Crippen molar-refractivity contribution in [3.8, 4) is 5.75 Å². The number of alkyl halides is 3. The van der Waals surface area contributed by atoms with Crippen molar-refractivity contribution in [2.45, 2.75) is 32.5 Å². The molecule has 2 aromatic rings. The molecule has 0 amide bonds. The number of anilines is 1. The summed E-state index contributed by atoms with van der Waals surface area (Å²) in [5.41, 5.74) is 1.49. The number of rotatable bonds is 8. The van der Waals surface area contributed by atoms with Crippen molar-refractivity contribution in [1.29, 1.82) is 0 Å². The molecule has 1 saturated heterocycles. The molecule has 1 aliphatic rings. The predicted octanol–water partition coefficient (Wildman–Crippen LogP) is 3.57. The van der Waals surface area contributed by atoms with Gasteiger partial charge in [0.2, 0.25) is 0 Å². The SMILES string of the molecule is CC(C)c1nn(C)c(N2CCOCC2)c1CNCCOc1cccc(C(F)(F)F)c1. The Kier molecular flexibility index (Phi) is 7.25. The minimum atomic E-state index is -4.37. The second-order valence-corrected chi connectivity index (χ2v) is 7.62. The molecule has 1 N–H and O–H groups in total. The zero-order valence-corrected chi connectivity index (χ0v) is 17.6. The Morgan fingerprint density at radius 1 is 1.23 bits per heavy atom. The fourth-order valence-corrected chi connectivity index (χ4v) is 3.60. The van der Waals surface area contributed by atoms with E-state index in [1.807, 2.05) is 11.7 Å². The van der Waals surface area contributed by atoms with Gasteiger partial charge in [0.15, 0.2) is 0 Å². The van der Waals surface area contributed by atoms with Crippen molar-refractivity contribution in [2.75, 3.05) is 44.4 Å². The van der Waals surface area contributed by atoms with Crippen LogP contribution in [0.25, 0.3) is 0 Å². The van der Waals surface area contributed by atoms with E-state index in [0.29, 0.717) is 26.3 Å². The van der Waals surface area contributed by atoms with Crippen LogP contribution in [0.15, 0.2) is 24.3 Å². The summed E-state index contributed by atoms with van der Waals surface area (Å²) in [5, 5.41) is 8.07. The maximum Gasteiger partial charge on any atom is 0.416 e. The lowest BCUT2D eigenvalue weighted by Crippen LogP contribution is -2.38. The van der Waals surface area contributed by atoms with Crippen LogP contribution in [-0.2, 0) is 24.5 Å². The molecule has 1 aliphatic heterocycles. The van der Waals surface area contributed by atoms with E-state index < -0.39 is 11.7 Å². The van der Waals surface area contributed by atoms with Gasteiger partial charge in [-0.3, -0.25) is 4.68 Å². The third-order valence-electron chi connectivity index (χ3n) is 5.01. The number of nitrogens with one attached hydrogen (secondary N) is 1. The highest BCUT2D eigenvalue weighted by Crippen LogP contribution is 2.31. The van der Waals surface area contributed by atoms with Gasteiger partial charge in [-0.15, -0.1) is 0 Å². The van der Waals surface area contributed by atoms with Crippen LogP contribution in [-0.4, -0.2) is 49.2 Å². The number of aromatic nitrogens is 2. The fourth-order valence-electron chi connectivity index (χ4n) is 3.60. The minimum absolute atomic E-state index is 0.213. The van der Waals surface area contributed by atoms with Gasteiger partial charge in [-0.25, -0.2) is 0 Å². The number of nitrogens with zero attached hydrogens (tertiary/aromatic N) is 3. The molecule has 2 heterocycles. The molecule has 166 valence electrons. The number of hydrogen-bond donors (Lipinski definition) is 1. The standard InChI is InChI=1S/C21H29F3N4O2/c1-15(2)19-18(20(27(3)26-19)28-8-11-29-12-9-28)14-25-7-10-30-17-6-4-5-16(13-17)21(22,23)24/h4-6,13,15,25H,7-12,14H2,1-3H3. The Bertz CT molecular complexity index is 830. The van der Waals surface area contributed by atoms with Crippen LogP contribution in [0.3, 0.4) is 0 Å². The number of aryl methyl sites for hydroxylation is 1. The summed E-state index contributed by atoms with van der Waals surface area (Å²) >= 11 is 0. The molecule has 6 nitrogen and oxygen atoms in total. The van der Waals surface area contributed by atoms with Crippen LogP contribution in [0.2, 0.25) is 0 Å². The quantitative estimate of drug-likeness (QED) is 0.654. The summed E-state index contributed by atoms with van der Waals surface area (Å²) in [5.74, 6) is 1.59. The maximum absolute atomic E-state index is 12.8. The average Bonchev–Trinajstić information content (AvgIpc) is 3.04. The topological polar surface area (TPSA) is 51.5 Å². The van der Waals surface area contributed by atoms with E-state index in [1.54, 1.807) is 0 Å². The summed E-state index contributed by atoms with van der Waals surface area (Å²) in [7, 11) is 1.96. The number of morpholine rings is 1. The number of halogens is 3. The largest absolute Gasteiger partial charge is 0.492 e. The van der Waals surface area contributed by atoms with Gasteiger partial charge in [-0.1, -0.05) is 19.9 Å². The molecule has 0 unspecified atom stereocenters. The van der Waals surface area contributed by atoms with Gasteiger partial charge in [0, 0.05) is 38.8 Å². The van der Waals surface area contributed by atoms with Crippen molar-refractivity contribution in [3.05, 3.63) is 41.1 Å². The average molecular weight is 426 g/mol. The van der Waals surface area contributed by atoms with E-state index in [1.165, 1.54) is 12.1 Å². The second kappa shape index (κ2) is 9.70. The molecule has 1 aromatic carbocycles. The third kappa shape index (κ3) is 5.46. The van der Waals surface area contributed by atoms with E-state index in [4.69, 9.17) is 14.6 Å². The number of benzene rings is 1. The van der Waals surface area contributed by atoms with Crippen LogP contribution < -0.4 is 15.0 Å². The van der Waals surface area contributed by atoms with Crippen molar-refractivity contribution >= 4 is 5.82 Å². The monoisotopic (exact) mass is 426 g/mol. The van der Waals surface area contributed by atoms with Crippen LogP contribution in [0.4, 0.5) is 19.0 Å². The van der Waals surface area contributed by atoms with Gasteiger partial charge in [-0.05, 0) is 24.1 Å². The van der Waals surface area contributed by atoms with Crippen LogP contribution in [0, 0.1) is 0 Å². The molecule has 0 radical (unpaired) electrons. The highest BCUT2D eigenvalue weighted by Gasteiger charge is 2.30. The van der Waals surface area contributed by atoms with Crippen molar-refractivity contribution in [1.82, 2.24) is 15.1 Å². The summed E-state index contributed by atoms with van der Waals surface area (Å²) in [4.78, 5) is 2.29. The van der Waals surface area contributed by atoms with E-state index in [2.05, 4.69) is 24.1 Å². The summed E-state index contributed by atoms with van der Waals surface area (Å²) in [6.45, 7) is 8.65. The first-order chi connectivity index (χ1) is 14.3. The molecular formula is C21H29F3N4O2. The third-order valence-corrected chi connectivity index (χ3v) is 5.01. The maximum atomic E-state index is 12.8. The van der Waals surface area contributed by atoms with Gasteiger partial charge < -0.3 is 19.7 Å². The summed E-state index contributed by atoms with van der Waals surface area (Å²) in [6.07, 6.45) is -4.37. The lowest BCUT2D eigenvalue weighted by Gasteiger charge is -2.29. The van der Waals surface area contributed by atoms with Gasteiger partial charge in [0.1, 0.15) is 18.2 Å². The van der Waals surface area contributed by atoms with E-state index >= 15 is 0 Å². The van der Waals surface area contributed by atoms with Crippen LogP contribution in [0.5, 0.6) is 5.75 Å². The van der Waals surface area contributed by atoms with Crippen molar-refractivity contribution in [2.24, 2.45) is 7.05 Å². The molecular weight excluding hydrogens is 397 g/mol. The van der Waals surface area contributed by atoms with Crippen molar-refractivity contribution < 1.29 is 22.6 Å². The molecule has 9 heteroatoms. The minimum Gasteiger partial charge on any atom is -0.492 e. The molecule has 0 atom stereocenters. The molecule has 0 aliphatic carbocycles. The zero-order chi connectivity index (χ0) is 21.7. The molecule has 1 fully saturated rings. The lowest BCUT2D eigenvalue weighted by atomic mass is 10.1. The summed E-state index contributed by atoms with van der Waals surface area (Å²) < 4.78 is 51.3. The fraction of sp³-hybridized carbons (Fsp3) is 0.571. The Morgan fingerprint density at radius 2 is 1.97 bits per heavy atom. The first kappa shape index (κ1) is 22.4. The highest BCUT2D eigenvalue weighted by molar-refractivity contribution is 5.51. The van der Waals surface area contributed by atoms with Gasteiger partial charge >= 0.3 is 6.18 Å². The first-order valence-corrected chi connectivity index (χ1v) is 10.2. The van der Waals surface area contributed by atoms with Crippen LogP contribution in [0.1, 0.15) is 36.6 Å². The second-order valence-electron chi connectivity index (χ2n) is 7.62. The predicted molar refractivity (Wildman–Crippen MR) is 109 cm³/mol. The molecule has 0 bridgehead atoms. The van der Waals surface area contributed by atoms with Gasteiger partial charge in [0.25, 0.3) is 0 Å². The zero-order valence-electron chi connectivity index (χ0n) is 17.6. The normalized spacial score (nSPS) is 15.1. The lowest BCUT2D eigenvalue weighted by molar-refractivity contribution is -0.137.